The van der Waals surface area contributed by atoms with E-state index in [0.717, 1.165) is 12.2 Å². The lowest BCUT2D eigenvalue weighted by molar-refractivity contribution is 0.206. The van der Waals surface area contributed by atoms with Crippen LogP contribution in [0.4, 0.5) is 0 Å². The van der Waals surface area contributed by atoms with Crippen LogP contribution >= 0.6 is 0 Å². The number of aliphatic hydroxyl groups is 1. The van der Waals surface area contributed by atoms with Crippen LogP contribution in [-0.4, -0.2) is 24.4 Å². The smallest absolute Gasteiger partial charge is 0.119 e. The first-order chi connectivity index (χ1) is 7.76. The lowest BCUT2D eigenvalue weighted by Gasteiger charge is -2.10. The molecule has 0 spiro atoms. The molecular formula is C13H21NO2. The number of rotatable bonds is 7. The molecule has 0 radical (unpaired) electrons. The standard InChI is InChI=1S/C13H21NO2/c1-2-3-4-11-5-7-13(8-6-11)16-10-12(14)9-15/h5-8,12,15H,2-4,9-10,14H2,1H3. The Morgan fingerprint density at radius 1 is 1.31 bits per heavy atom. The van der Waals surface area contributed by atoms with Gasteiger partial charge in [-0.05, 0) is 30.5 Å². The molecule has 0 aliphatic heterocycles. The largest absolute Gasteiger partial charge is 0.492 e. The number of hydrogen-bond donors (Lipinski definition) is 2. The van der Waals surface area contributed by atoms with Gasteiger partial charge in [0.15, 0.2) is 0 Å². The molecule has 3 nitrogen and oxygen atoms in total. The zero-order chi connectivity index (χ0) is 11.8. The van der Waals surface area contributed by atoms with Gasteiger partial charge in [-0.25, -0.2) is 0 Å². The van der Waals surface area contributed by atoms with Crippen molar-refractivity contribution >= 4 is 0 Å². The quantitative estimate of drug-likeness (QED) is 0.740. The molecule has 0 aromatic heterocycles. The Labute approximate surface area is 97.2 Å². The van der Waals surface area contributed by atoms with Crippen molar-refractivity contribution in [2.45, 2.75) is 32.2 Å². The summed E-state index contributed by atoms with van der Waals surface area (Å²) in [5.41, 5.74) is 6.88. The molecule has 0 saturated heterocycles. The third-order valence-corrected chi connectivity index (χ3v) is 2.44. The number of hydrogen-bond acceptors (Lipinski definition) is 3. The highest BCUT2D eigenvalue weighted by molar-refractivity contribution is 5.27. The van der Waals surface area contributed by atoms with Crippen molar-refractivity contribution in [3.8, 4) is 5.75 Å². The minimum absolute atomic E-state index is 0.0470. The molecule has 16 heavy (non-hydrogen) atoms. The van der Waals surface area contributed by atoms with Crippen molar-refractivity contribution in [2.75, 3.05) is 13.2 Å². The second kappa shape index (κ2) is 7.25. The summed E-state index contributed by atoms with van der Waals surface area (Å²) in [6, 6.07) is 7.76. The van der Waals surface area contributed by atoms with Gasteiger partial charge in [0, 0.05) is 0 Å². The van der Waals surface area contributed by atoms with Crippen LogP contribution in [0.15, 0.2) is 24.3 Å². The van der Waals surface area contributed by atoms with Crippen molar-refractivity contribution in [1.29, 1.82) is 0 Å². The van der Waals surface area contributed by atoms with Gasteiger partial charge in [-0.2, -0.15) is 0 Å². The summed E-state index contributed by atoms with van der Waals surface area (Å²) in [6.45, 7) is 2.49. The summed E-state index contributed by atoms with van der Waals surface area (Å²) in [7, 11) is 0. The normalized spacial score (nSPS) is 12.4. The number of aliphatic hydroxyl groups excluding tert-OH is 1. The van der Waals surface area contributed by atoms with Gasteiger partial charge in [0.25, 0.3) is 0 Å². The van der Waals surface area contributed by atoms with E-state index in [0.29, 0.717) is 6.61 Å². The van der Waals surface area contributed by atoms with E-state index in [1.54, 1.807) is 0 Å². The first-order valence-electron chi connectivity index (χ1n) is 5.84. The summed E-state index contributed by atoms with van der Waals surface area (Å²) in [5, 5.41) is 8.75. The zero-order valence-electron chi connectivity index (χ0n) is 9.86. The summed E-state index contributed by atoms with van der Waals surface area (Å²) >= 11 is 0. The highest BCUT2D eigenvalue weighted by Gasteiger charge is 2.01. The van der Waals surface area contributed by atoms with Crippen molar-refractivity contribution < 1.29 is 9.84 Å². The topological polar surface area (TPSA) is 55.5 Å². The fourth-order valence-corrected chi connectivity index (χ4v) is 1.39. The third kappa shape index (κ3) is 4.64. The van der Waals surface area contributed by atoms with Crippen molar-refractivity contribution in [2.24, 2.45) is 5.73 Å². The molecule has 0 fully saturated rings. The van der Waals surface area contributed by atoms with Crippen LogP contribution in [0.5, 0.6) is 5.75 Å². The van der Waals surface area contributed by atoms with E-state index in [1.807, 2.05) is 12.1 Å². The van der Waals surface area contributed by atoms with Gasteiger partial charge in [0.2, 0.25) is 0 Å². The van der Waals surface area contributed by atoms with Crippen LogP contribution < -0.4 is 10.5 Å². The maximum Gasteiger partial charge on any atom is 0.119 e. The van der Waals surface area contributed by atoms with E-state index in [9.17, 15) is 0 Å². The van der Waals surface area contributed by atoms with Gasteiger partial charge in [0.1, 0.15) is 12.4 Å². The SMILES string of the molecule is CCCCc1ccc(OCC(N)CO)cc1. The lowest BCUT2D eigenvalue weighted by atomic mass is 10.1. The van der Waals surface area contributed by atoms with Gasteiger partial charge >= 0.3 is 0 Å². The summed E-state index contributed by atoms with van der Waals surface area (Å²) in [6.07, 6.45) is 3.55. The molecule has 0 saturated carbocycles. The van der Waals surface area contributed by atoms with Crippen LogP contribution in [0.2, 0.25) is 0 Å². The second-order valence-electron chi connectivity index (χ2n) is 4.00. The number of unbranched alkanes of at least 4 members (excludes halogenated alkanes) is 1. The van der Waals surface area contributed by atoms with Gasteiger partial charge in [-0.3, -0.25) is 0 Å². The van der Waals surface area contributed by atoms with E-state index < -0.39 is 0 Å². The highest BCUT2D eigenvalue weighted by atomic mass is 16.5. The third-order valence-electron chi connectivity index (χ3n) is 2.44. The Hall–Kier alpha value is -1.06. The number of ether oxygens (including phenoxy) is 1. The van der Waals surface area contributed by atoms with Gasteiger partial charge in [-0.15, -0.1) is 0 Å². The highest BCUT2D eigenvalue weighted by Crippen LogP contribution is 2.13. The zero-order valence-corrected chi connectivity index (χ0v) is 9.86. The Morgan fingerprint density at radius 2 is 2.00 bits per heavy atom. The molecule has 1 unspecified atom stereocenters. The Balaban J connectivity index is 2.38. The Kier molecular flexibility index (Phi) is 5.90. The molecule has 1 aromatic carbocycles. The average Bonchev–Trinajstić information content (AvgIpc) is 2.34. The second-order valence-corrected chi connectivity index (χ2v) is 4.00. The lowest BCUT2D eigenvalue weighted by Crippen LogP contribution is -2.31. The van der Waals surface area contributed by atoms with Gasteiger partial charge in [-0.1, -0.05) is 25.5 Å². The molecule has 3 heteroatoms. The van der Waals surface area contributed by atoms with E-state index in [-0.39, 0.29) is 12.6 Å². The molecule has 1 aromatic rings. The van der Waals surface area contributed by atoms with E-state index in [1.165, 1.54) is 18.4 Å². The predicted molar refractivity (Wildman–Crippen MR) is 65.6 cm³/mol. The van der Waals surface area contributed by atoms with Crippen LogP contribution in [0, 0.1) is 0 Å². The maximum absolute atomic E-state index is 8.75. The molecule has 0 heterocycles. The summed E-state index contributed by atoms with van der Waals surface area (Å²) in [5.74, 6) is 0.809. The van der Waals surface area contributed by atoms with Gasteiger partial charge in [0.05, 0.1) is 12.6 Å². The van der Waals surface area contributed by atoms with Crippen molar-refractivity contribution in [3.05, 3.63) is 29.8 Å². The fraction of sp³-hybridized carbons (Fsp3) is 0.538. The minimum Gasteiger partial charge on any atom is -0.492 e. The van der Waals surface area contributed by atoms with Crippen molar-refractivity contribution in [1.82, 2.24) is 0 Å². The van der Waals surface area contributed by atoms with Crippen LogP contribution in [0.25, 0.3) is 0 Å². The Bertz CT molecular complexity index is 284. The molecule has 90 valence electrons. The predicted octanol–water partition coefficient (Wildman–Crippen LogP) is 1.73. The van der Waals surface area contributed by atoms with Crippen molar-refractivity contribution in [3.63, 3.8) is 0 Å². The van der Waals surface area contributed by atoms with Gasteiger partial charge < -0.3 is 15.6 Å². The monoisotopic (exact) mass is 223 g/mol. The summed E-state index contributed by atoms with van der Waals surface area (Å²) in [4.78, 5) is 0. The molecule has 1 atom stereocenters. The molecule has 0 bridgehead atoms. The molecular weight excluding hydrogens is 202 g/mol. The molecule has 1 rings (SSSR count). The first kappa shape index (κ1) is 13.0. The molecule has 3 N–H and O–H groups in total. The average molecular weight is 223 g/mol. The summed E-state index contributed by atoms with van der Waals surface area (Å²) < 4.78 is 5.43. The molecule has 0 aliphatic carbocycles. The maximum atomic E-state index is 8.75. The van der Waals surface area contributed by atoms with Crippen LogP contribution in [0.3, 0.4) is 0 Å². The molecule has 0 amide bonds. The number of benzene rings is 1. The van der Waals surface area contributed by atoms with E-state index in [4.69, 9.17) is 15.6 Å². The number of nitrogens with two attached hydrogens (primary N) is 1. The van der Waals surface area contributed by atoms with Crippen LogP contribution in [0.1, 0.15) is 25.3 Å². The molecule has 0 aliphatic rings. The minimum atomic E-state index is -0.306. The first-order valence-corrected chi connectivity index (χ1v) is 5.84. The van der Waals surface area contributed by atoms with E-state index in [2.05, 4.69) is 19.1 Å². The fourth-order valence-electron chi connectivity index (χ4n) is 1.39. The Morgan fingerprint density at radius 3 is 2.56 bits per heavy atom. The van der Waals surface area contributed by atoms with E-state index >= 15 is 0 Å². The number of aryl methyl sites for hydroxylation is 1. The van der Waals surface area contributed by atoms with Crippen LogP contribution in [-0.2, 0) is 6.42 Å².